The van der Waals surface area contributed by atoms with Crippen LogP contribution in [-0.4, -0.2) is 38.4 Å². The molecule has 0 aliphatic heterocycles. The molecule has 2 aromatic rings. The van der Waals surface area contributed by atoms with Crippen LogP contribution in [0.4, 0.5) is 11.6 Å². The maximum atomic E-state index is 12.4. The highest BCUT2D eigenvalue weighted by molar-refractivity contribution is 5.94. The van der Waals surface area contributed by atoms with Gasteiger partial charge in [-0.05, 0) is 49.9 Å². The molecule has 0 radical (unpaired) electrons. The molecule has 1 amide bonds. The van der Waals surface area contributed by atoms with Crippen molar-refractivity contribution < 1.29 is 9.90 Å². The number of aromatic nitrogens is 3. The predicted molar refractivity (Wildman–Crippen MR) is 115 cm³/mol. The molecule has 2 aliphatic rings. The number of amides is 1. The van der Waals surface area contributed by atoms with Crippen LogP contribution in [-0.2, 0) is 0 Å². The summed E-state index contributed by atoms with van der Waals surface area (Å²) in [5, 5.41) is 20.5. The van der Waals surface area contributed by atoms with Gasteiger partial charge in [0.05, 0.1) is 12.1 Å². The fraction of sp³-hybridized carbons (Fsp3) is 0.591. The lowest BCUT2D eigenvalue weighted by molar-refractivity contribution is 0.0663. The molecule has 8 heteroatoms. The van der Waals surface area contributed by atoms with Gasteiger partial charge in [-0.3, -0.25) is 9.78 Å². The summed E-state index contributed by atoms with van der Waals surface area (Å²) in [6.45, 7) is 0.500. The van der Waals surface area contributed by atoms with Gasteiger partial charge in [-0.1, -0.05) is 32.1 Å². The van der Waals surface area contributed by atoms with E-state index in [1.807, 2.05) is 0 Å². The zero-order chi connectivity index (χ0) is 20.9. The van der Waals surface area contributed by atoms with Crippen molar-refractivity contribution in [3.05, 3.63) is 40.3 Å². The highest BCUT2D eigenvalue weighted by atomic mass is 16.3. The Morgan fingerprint density at radius 3 is 2.50 bits per heavy atom. The van der Waals surface area contributed by atoms with Crippen molar-refractivity contribution in [1.82, 2.24) is 20.1 Å². The molecule has 0 bridgehead atoms. The number of carbonyl (C=O) groups excluding carboxylic acids is 1. The van der Waals surface area contributed by atoms with Crippen molar-refractivity contribution >= 4 is 17.5 Å². The molecule has 2 atom stereocenters. The molecule has 2 aliphatic carbocycles. The number of carbonyl (C=O) groups is 1. The highest BCUT2D eigenvalue weighted by Crippen LogP contribution is 2.27. The van der Waals surface area contributed by atoms with E-state index < -0.39 is 0 Å². The summed E-state index contributed by atoms with van der Waals surface area (Å²) in [5.74, 6) is 0.406. The van der Waals surface area contributed by atoms with Crippen LogP contribution in [0, 0.1) is 5.92 Å². The first-order valence-electron chi connectivity index (χ1n) is 11.1. The van der Waals surface area contributed by atoms with Crippen molar-refractivity contribution in [2.75, 3.05) is 11.9 Å². The number of anilines is 2. The van der Waals surface area contributed by atoms with Gasteiger partial charge in [-0.25, -0.2) is 9.48 Å². The second-order valence-corrected chi connectivity index (χ2v) is 8.54. The largest absolute Gasteiger partial charge is 0.393 e. The zero-order valence-corrected chi connectivity index (χ0v) is 17.3. The topological polar surface area (TPSA) is 112 Å². The molecule has 1 heterocycles. The Bertz CT molecular complexity index is 898. The van der Waals surface area contributed by atoms with Crippen LogP contribution in [0.3, 0.4) is 0 Å². The molecule has 4 N–H and O–H groups in total. The van der Waals surface area contributed by atoms with Gasteiger partial charge >= 0.3 is 5.69 Å². The van der Waals surface area contributed by atoms with Gasteiger partial charge in [-0.15, -0.1) is 5.10 Å². The fourth-order valence-electron chi connectivity index (χ4n) is 4.56. The SMILES string of the molecule is O=C(NC[C@@H]1CCCC[C@@H]1O)c1ccc(Nc2nn(C3CCCCC3)c(=O)[nH]2)cc1. The summed E-state index contributed by atoms with van der Waals surface area (Å²) in [6, 6.07) is 7.24. The number of hydrogen-bond acceptors (Lipinski definition) is 5. The summed E-state index contributed by atoms with van der Waals surface area (Å²) in [7, 11) is 0. The van der Waals surface area contributed by atoms with E-state index in [2.05, 4.69) is 20.7 Å². The fourth-order valence-corrected chi connectivity index (χ4v) is 4.56. The van der Waals surface area contributed by atoms with Gasteiger partial charge in [0, 0.05) is 23.7 Å². The second-order valence-electron chi connectivity index (χ2n) is 8.54. The minimum atomic E-state index is -0.318. The molecule has 162 valence electrons. The van der Waals surface area contributed by atoms with Gasteiger partial charge in [0.1, 0.15) is 0 Å². The summed E-state index contributed by atoms with van der Waals surface area (Å²) in [5.41, 5.74) is 1.12. The minimum Gasteiger partial charge on any atom is -0.393 e. The number of rotatable bonds is 6. The first kappa shape index (κ1) is 20.7. The van der Waals surface area contributed by atoms with E-state index in [1.165, 1.54) is 6.42 Å². The van der Waals surface area contributed by atoms with E-state index in [1.54, 1.807) is 28.9 Å². The zero-order valence-electron chi connectivity index (χ0n) is 17.3. The average Bonchev–Trinajstić information content (AvgIpc) is 3.14. The molecule has 2 saturated carbocycles. The highest BCUT2D eigenvalue weighted by Gasteiger charge is 2.23. The molecule has 8 nitrogen and oxygen atoms in total. The second kappa shape index (κ2) is 9.47. The van der Waals surface area contributed by atoms with Gasteiger partial charge in [0.2, 0.25) is 5.95 Å². The van der Waals surface area contributed by atoms with Gasteiger partial charge in [0.15, 0.2) is 0 Å². The first-order valence-corrected chi connectivity index (χ1v) is 11.1. The number of aliphatic hydroxyl groups is 1. The van der Waals surface area contributed by atoms with Crippen LogP contribution in [0.25, 0.3) is 0 Å². The molecule has 0 unspecified atom stereocenters. The van der Waals surface area contributed by atoms with E-state index in [4.69, 9.17) is 0 Å². The van der Waals surface area contributed by atoms with E-state index in [0.717, 1.165) is 57.1 Å². The summed E-state index contributed by atoms with van der Waals surface area (Å²) < 4.78 is 1.56. The van der Waals surface area contributed by atoms with Crippen molar-refractivity contribution in [2.24, 2.45) is 5.92 Å². The lowest BCUT2D eigenvalue weighted by atomic mass is 9.86. The molecule has 2 fully saturated rings. The third kappa shape index (κ3) is 4.92. The minimum absolute atomic E-state index is 0.139. The number of aliphatic hydroxyl groups excluding tert-OH is 1. The van der Waals surface area contributed by atoms with Crippen molar-refractivity contribution in [3.63, 3.8) is 0 Å². The molecule has 1 aromatic heterocycles. The Kier molecular flexibility index (Phi) is 6.52. The van der Waals surface area contributed by atoms with Crippen LogP contribution >= 0.6 is 0 Å². The van der Waals surface area contributed by atoms with E-state index in [9.17, 15) is 14.7 Å². The Labute approximate surface area is 176 Å². The van der Waals surface area contributed by atoms with Crippen LogP contribution < -0.4 is 16.3 Å². The van der Waals surface area contributed by atoms with Gasteiger partial charge in [-0.2, -0.15) is 0 Å². The van der Waals surface area contributed by atoms with E-state index >= 15 is 0 Å². The number of nitrogens with one attached hydrogen (secondary N) is 3. The molecular weight excluding hydrogens is 382 g/mol. The number of hydrogen-bond donors (Lipinski definition) is 4. The number of H-pyrrole nitrogens is 1. The third-order valence-electron chi connectivity index (χ3n) is 6.37. The maximum Gasteiger partial charge on any atom is 0.344 e. The van der Waals surface area contributed by atoms with Crippen LogP contribution in [0.2, 0.25) is 0 Å². The molecule has 0 saturated heterocycles. The molecular formula is C22H31N5O3. The van der Waals surface area contributed by atoms with Crippen LogP contribution in [0.1, 0.15) is 74.2 Å². The quantitative estimate of drug-likeness (QED) is 0.581. The predicted octanol–water partition coefficient (Wildman–Crippen LogP) is 3.10. The summed E-state index contributed by atoms with van der Waals surface area (Å²) >= 11 is 0. The van der Waals surface area contributed by atoms with Crippen LogP contribution in [0.5, 0.6) is 0 Å². The standard InChI is InChI=1S/C22H31N5O3/c28-19-9-5-4-6-16(19)14-23-20(29)15-10-12-17(13-11-15)24-21-25-22(30)27(26-21)18-7-2-1-3-8-18/h10-13,16,18-19,28H,1-9,14H2,(H,23,29)(H2,24,25,26,30)/t16-,19-/m0/s1. The Morgan fingerprint density at radius 1 is 1.07 bits per heavy atom. The molecule has 1 aromatic carbocycles. The molecule has 4 rings (SSSR count). The van der Waals surface area contributed by atoms with Crippen molar-refractivity contribution in [3.8, 4) is 0 Å². The van der Waals surface area contributed by atoms with E-state index in [-0.39, 0.29) is 29.7 Å². The molecule has 0 spiro atoms. The number of nitrogens with zero attached hydrogens (tertiary/aromatic N) is 2. The number of benzene rings is 1. The summed E-state index contributed by atoms with van der Waals surface area (Å²) in [6.07, 6.45) is 9.10. The number of aromatic amines is 1. The third-order valence-corrected chi connectivity index (χ3v) is 6.37. The Hall–Kier alpha value is -2.61. The lowest BCUT2D eigenvalue weighted by Crippen LogP contribution is -2.36. The van der Waals surface area contributed by atoms with Crippen molar-refractivity contribution in [2.45, 2.75) is 69.9 Å². The normalized spacial score (nSPS) is 22.6. The van der Waals surface area contributed by atoms with Crippen molar-refractivity contribution in [1.29, 1.82) is 0 Å². The Morgan fingerprint density at radius 2 is 1.77 bits per heavy atom. The monoisotopic (exact) mass is 413 g/mol. The first-order chi connectivity index (χ1) is 14.6. The molecule has 30 heavy (non-hydrogen) atoms. The summed E-state index contributed by atoms with van der Waals surface area (Å²) in [4.78, 5) is 27.4. The maximum absolute atomic E-state index is 12.4. The lowest BCUT2D eigenvalue weighted by Gasteiger charge is -2.27. The average molecular weight is 414 g/mol. The van der Waals surface area contributed by atoms with E-state index in [0.29, 0.717) is 18.1 Å². The smallest absolute Gasteiger partial charge is 0.344 e. The van der Waals surface area contributed by atoms with Gasteiger partial charge in [0.25, 0.3) is 5.91 Å². The van der Waals surface area contributed by atoms with Crippen LogP contribution in [0.15, 0.2) is 29.1 Å². The Balaban J connectivity index is 1.33. The van der Waals surface area contributed by atoms with Gasteiger partial charge < -0.3 is 15.7 Å².